The standard InChI is InChI=1S/C22H21N5O/c28-22(19-7-9-20(10-8-19)27-15-4-12-25-27)24-13-11-21-23-14-16-26(21)17-18-5-2-1-3-6-18/h1-10,12,14-16H,11,13,17H2,(H,24,28). The Bertz CT molecular complexity index is 1020. The molecule has 2 heterocycles. The highest BCUT2D eigenvalue weighted by atomic mass is 16.1. The quantitative estimate of drug-likeness (QED) is 0.543. The van der Waals surface area contributed by atoms with Crippen LogP contribution in [0, 0.1) is 0 Å². The van der Waals surface area contributed by atoms with Crippen LogP contribution in [0.25, 0.3) is 5.69 Å². The van der Waals surface area contributed by atoms with Crippen molar-refractivity contribution in [2.24, 2.45) is 0 Å². The maximum absolute atomic E-state index is 12.4. The number of imidazole rings is 1. The lowest BCUT2D eigenvalue weighted by atomic mass is 10.2. The van der Waals surface area contributed by atoms with Crippen LogP contribution >= 0.6 is 0 Å². The van der Waals surface area contributed by atoms with E-state index in [1.54, 1.807) is 17.1 Å². The zero-order valence-electron chi connectivity index (χ0n) is 15.4. The van der Waals surface area contributed by atoms with Gasteiger partial charge >= 0.3 is 0 Å². The van der Waals surface area contributed by atoms with Crippen LogP contribution in [0.5, 0.6) is 0 Å². The molecule has 0 aliphatic rings. The normalized spacial score (nSPS) is 10.7. The summed E-state index contributed by atoms with van der Waals surface area (Å²) in [5.74, 6) is 0.867. The number of rotatable bonds is 7. The van der Waals surface area contributed by atoms with E-state index < -0.39 is 0 Å². The minimum Gasteiger partial charge on any atom is -0.352 e. The van der Waals surface area contributed by atoms with Crippen LogP contribution in [-0.2, 0) is 13.0 Å². The average Bonchev–Trinajstić information content (AvgIpc) is 3.42. The van der Waals surface area contributed by atoms with Crippen molar-refractivity contribution in [3.05, 3.63) is 102 Å². The Balaban J connectivity index is 1.32. The molecule has 1 N–H and O–H groups in total. The summed E-state index contributed by atoms with van der Waals surface area (Å²) in [4.78, 5) is 16.8. The van der Waals surface area contributed by atoms with E-state index in [0.717, 1.165) is 18.1 Å². The number of aromatic nitrogens is 4. The monoisotopic (exact) mass is 371 g/mol. The Morgan fingerprint density at radius 1 is 0.929 bits per heavy atom. The van der Waals surface area contributed by atoms with Gasteiger partial charge in [-0.25, -0.2) is 9.67 Å². The minimum atomic E-state index is -0.0896. The van der Waals surface area contributed by atoms with Gasteiger partial charge in [0.05, 0.1) is 5.69 Å². The Hall–Kier alpha value is -3.67. The molecule has 0 aliphatic heterocycles. The molecule has 6 nitrogen and oxygen atoms in total. The molecule has 0 saturated carbocycles. The summed E-state index contributed by atoms with van der Waals surface area (Å²) >= 11 is 0. The van der Waals surface area contributed by atoms with Gasteiger partial charge < -0.3 is 9.88 Å². The van der Waals surface area contributed by atoms with E-state index in [4.69, 9.17) is 0 Å². The van der Waals surface area contributed by atoms with Crippen LogP contribution in [-0.4, -0.2) is 31.8 Å². The van der Waals surface area contributed by atoms with Crippen LogP contribution in [0.2, 0.25) is 0 Å². The molecule has 0 saturated heterocycles. The van der Waals surface area contributed by atoms with Crippen molar-refractivity contribution in [2.75, 3.05) is 6.54 Å². The van der Waals surface area contributed by atoms with Gasteiger partial charge in [0.25, 0.3) is 5.91 Å². The van der Waals surface area contributed by atoms with Gasteiger partial charge in [-0.2, -0.15) is 5.10 Å². The second kappa shape index (κ2) is 8.35. The summed E-state index contributed by atoms with van der Waals surface area (Å²) in [6.45, 7) is 1.31. The van der Waals surface area contributed by atoms with Gasteiger partial charge in [-0.15, -0.1) is 0 Å². The molecular weight excluding hydrogens is 350 g/mol. The van der Waals surface area contributed by atoms with Crippen molar-refractivity contribution in [1.82, 2.24) is 24.6 Å². The molecule has 140 valence electrons. The van der Waals surface area contributed by atoms with Crippen LogP contribution in [0.1, 0.15) is 21.7 Å². The Morgan fingerprint density at radius 3 is 2.50 bits per heavy atom. The fourth-order valence-electron chi connectivity index (χ4n) is 3.07. The number of benzene rings is 2. The molecule has 0 spiro atoms. The van der Waals surface area contributed by atoms with Crippen molar-refractivity contribution in [3.8, 4) is 5.69 Å². The first-order valence-electron chi connectivity index (χ1n) is 9.22. The number of amides is 1. The van der Waals surface area contributed by atoms with E-state index in [1.807, 2.05) is 60.9 Å². The number of carbonyl (C=O) groups excluding carboxylic acids is 1. The summed E-state index contributed by atoms with van der Waals surface area (Å²) in [6.07, 6.45) is 8.04. The first-order valence-corrected chi connectivity index (χ1v) is 9.22. The predicted molar refractivity (Wildman–Crippen MR) is 107 cm³/mol. The third-order valence-electron chi connectivity index (χ3n) is 4.53. The van der Waals surface area contributed by atoms with Crippen LogP contribution in [0.3, 0.4) is 0 Å². The Labute approximate surface area is 163 Å². The predicted octanol–water partition coefficient (Wildman–Crippen LogP) is 3.09. The molecular formula is C22H21N5O. The molecule has 0 fully saturated rings. The number of hydrogen-bond acceptors (Lipinski definition) is 3. The highest BCUT2D eigenvalue weighted by molar-refractivity contribution is 5.94. The molecule has 28 heavy (non-hydrogen) atoms. The highest BCUT2D eigenvalue weighted by Gasteiger charge is 2.08. The molecule has 0 atom stereocenters. The average molecular weight is 371 g/mol. The maximum atomic E-state index is 12.4. The lowest BCUT2D eigenvalue weighted by Gasteiger charge is -2.09. The molecule has 0 aliphatic carbocycles. The molecule has 1 amide bonds. The Morgan fingerprint density at radius 2 is 1.75 bits per heavy atom. The van der Waals surface area contributed by atoms with E-state index in [-0.39, 0.29) is 5.91 Å². The third kappa shape index (κ3) is 4.17. The largest absolute Gasteiger partial charge is 0.352 e. The van der Waals surface area contributed by atoms with Crippen LogP contribution < -0.4 is 5.32 Å². The van der Waals surface area contributed by atoms with Crippen molar-refractivity contribution < 1.29 is 4.79 Å². The summed E-state index contributed by atoms with van der Waals surface area (Å²) in [5.41, 5.74) is 2.77. The van der Waals surface area contributed by atoms with Gasteiger partial charge in [-0.1, -0.05) is 30.3 Å². The summed E-state index contributed by atoms with van der Waals surface area (Å²) in [5, 5.41) is 7.15. The summed E-state index contributed by atoms with van der Waals surface area (Å²) < 4.78 is 3.87. The lowest BCUT2D eigenvalue weighted by Crippen LogP contribution is -2.26. The zero-order chi connectivity index (χ0) is 19.2. The molecule has 6 heteroatoms. The molecule has 4 rings (SSSR count). The first-order chi connectivity index (χ1) is 13.8. The van der Waals surface area contributed by atoms with Crippen molar-refractivity contribution in [3.63, 3.8) is 0 Å². The second-order valence-electron chi connectivity index (χ2n) is 6.46. The number of carbonyl (C=O) groups is 1. The lowest BCUT2D eigenvalue weighted by molar-refractivity contribution is 0.0954. The fourth-order valence-corrected chi connectivity index (χ4v) is 3.07. The molecule has 4 aromatic rings. The van der Waals surface area contributed by atoms with E-state index in [2.05, 4.69) is 32.1 Å². The number of nitrogens with zero attached hydrogens (tertiary/aromatic N) is 4. The van der Waals surface area contributed by atoms with E-state index in [9.17, 15) is 4.79 Å². The van der Waals surface area contributed by atoms with Crippen molar-refractivity contribution in [1.29, 1.82) is 0 Å². The minimum absolute atomic E-state index is 0.0896. The van der Waals surface area contributed by atoms with Crippen LogP contribution in [0.15, 0.2) is 85.5 Å². The van der Waals surface area contributed by atoms with E-state index in [1.165, 1.54) is 5.56 Å². The molecule has 0 radical (unpaired) electrons. The van der Waals surface area contributed by atoms with Gasteiger partial charge in [0, 0.05) is 49.9 Å². The van der Waals surface area contributed by atoms with E-state index in [0.29, 0.717) is 18.5 Å². The second-order valence-corrected chi connectivity index (χ2v) is 6.46. The van der Waals surface area contributed by atoms with E-state index >= 15 is 0 Å². The van der Waals surface area contributed by atoms with Crippen molar-refractivity contribution >= 4 is 5.91 Å². The first kappa shape index (κ1) is 17.7. The molecule has 2 aromatic carbocycles. The van der Waals surface area contributed by atoms with Gasteiger partial charge in [-0.3, -0.25) is 4.79 Å². The summed E-state index contributed by atoms with van der Waals surface area (Å²) in [7, 11) is 0. The zero-order valence-corrected chi connectivity index (χ0v) is 15.4. The number of hydrogen-bond donors (Lipinski definition) is 1. The van der Waals surface area contributed by atoms with Gasteiger partial charge in [0.15, 0.2) is 0 Å². The van der Waals surface area contributed by atoms with Crippen molar-refractivity contribution in [2.45, 2.75) is 13.0 Å². The molecule has 0 bridgehead atoms. The molecule has 0 unspecified atom stereocenters. The van der Waals surface area contributed by atoms with Gasteiger partial charge in [0.2, 0.25) is 0 Å². The maximum Gasteiger partial charge on any atom is 0.251 e. The SMILES string of the molecule is O=C(NCCc1nccn1Cc1ccccc1)c1ccc(-n2cccn2)cc1. The summed E-state index contributed by atoms with van der Waals surface area (Å²) in [6, 6.07) is 19.5. The third-order valence-corrected chi connectivity index (χ3v) is 4.53. The fraction of sp³-hybridized carbons (Fsp3) is 0.136. The van der Waals surface area contributed by atoms with Crippen LogP contribution in [0.4, 0.5) is 0 Å². The molecule has 2 aromatic heterocycles. The van der Waals surface area contributed by atoms with Gasteiger partial charge in [0.1, 0.15) is 5.82 Å². The Kier molecular flexibility index (Phi) is 5.29. The van der Waals surface area contributed by atoms with Gasteiger partial charge in [-0.05, 0) is 35.9 Å². The topological polar surface area (TPSA) is 64.7 Å². The highest BCUT2D eigenvalue weighted by Crippen LogP contribution is 2.09. The smallest absolute Gasteiger partial charge is 0.251 e. The number of nitrogens with one attached hydrogen (secondary N) is 1.